The van der Waals surface area contributed by atoms with Crippen molar-refractivity contribution in [1.82, 2.24) is 5.32 Å². The van der Waals surface area contributed by atoms with Crippen LogP contribution in [-0.4, -0.2) is 19.1 Å². The Morgan fingerprint density at radius 2 is 2.38 bits per heavy atom. The fourth-order valence-electron chi connectivity index (χ4n) is 0.967. The van der Waals surface area contributed by atoms with E-state index in [4.69, 9.17) is 27.3 Å². The number of nitrogens with zero attached hydrogens (tertiary/aromatic N) is 1. The van der Waals surface area contributed by atoms with Crippen molar-refractivity contribution in [2.75, 3.05) is 18.9 Å². The smallest absolute Gasteiger partial charge is 0.258 e. The highest BCUT2D eigenvalue weighted by atomic mass is 35.5. The summed E-state index contributed by atoms with van der Waals surface area (Å²) in [7, 11) is 0. The molecular formula is C10H10ClN3O2. The molecular weight excluding hydrogens is 230 g/mol. The Balaban J connectivity index is 2.49. The molecule has 0 aliphatic rings. The van der Waals surface area contributed by atoms with Crippen LogP contribution in [0.15, 0.2) is 18.2 Å². The van der Waals surface area contributed by atoms with Gasteiger partial charge in [-0.25, -0.2) is 0 Å². The standard InChI is InChI=1S/C10H10ClN3O2/c11-8-5-7(13)1-2-9(8)16-6-10(15)14-4-3-12/h1-2,5H,4,6,13H2,(H,14,15). The molecule has 1 aromatic rings. The van der Waals surface area contributed by atoms with Crippen molar-refractivity contribution in [3.8, 4) is 11.8 Å². The van der Waals surface area contributed by atoms with Gasteiger partial charge in [-0.15, -0.1) is 0 Å². The third-order valence-corrected chi connectivity index (χ3v) is 1.97. The topological polar surface area (TPSA) is 88.1 Å². The van der Waals surface area contributed by atoms with Crippen LogP contribution in [0.4, 0.5) is 5.69 Å². The maximum absolute atomic E-state index is 11.1. The van der Waals surface area contributed by atoms with Crippen LogP contribution in [0.5, 0.6) is 5.75 Å². The maximum Gasteiger partial charge on any atom is 0.258 e. The number of nitriles is 1. The first kappa shape index (κ1) is 12.1. The summed E-state index contributed by atoms with van der Waals surface area (Å²) in [6, 6.07) is 6.52. The molecule has 0 bridgehead atoms. The summed E-state index contributed by atoms with van der Waals surface area (Å²) < 4.78 is 5.14. The number of hydrogen-bond donors (Lipinski definition) is 2. The van der Waals surface area contributed by atoms with Crippen LogP contribution in [0.25, 0.3) is 0 Å². The summed E-state index contributed by atoms with van der Waals surface area (Å²) in [6.45, 7) is -0.233. The molecule has 0 aliphatic carbocycles. The fraction of sp³-hybridized carbons (Fsp3) is 0.200. The molecule has 1 amide bonds. The van der Waals surface area contributed by atoms with Crippen LogP contribution >= 0.6 is 11.6 Å². The van der Waals surface area contributed by atoms with E-state index in [-0.39, 0.29) is 19.1 Å². The molecule has 84 valence electrons. The molecule has 0 heterocycles. The first-order valence-corrected chi connectivity index (χ1v) is 4.82. The lowest BCUT2D eigenvalue weighted by Gasteiger charge is -2.07. The van der Waals surface area contributed by atoms with Gasteiger partial charge in [0, 0.05) is 5.69 Å². The van der Waals surface area contributed by atoms with Crippen molar-refractivity contribution >= 4 is 23.2 Å². The van der Waals surface area contributed by atoms with Gasteiger partial charge in [0.15, 0.2) is 6.61 Å². The third kappa shape index (κ3) is 3.67. The molecule has 0 saturated heterocycles. The predicted octanol–water partition coefficient (Wildman–Crippen LogP) is 0.941. The average Bonchev–Trinajstić information content (AvgIpc) is 2.25. The van der Waals surface area contributed by atoms with E-state index in [9.17, 15) is 4.79 Å². The third-order valence-electron chi connectivity index (χ3n) is 1.68. The molecule has 6 heteroatoms. The molecule has 0 aliphatic heterocycles. The molecule has 1 aromatic carbocycles. The van der Waals surface area contributed by atoms with Gasteiger partial charge in [-0.1, -0.05) is 11.6 Å². The van der Waals surface area contributed by atoms with Crippen LogP contribution < -0.4 is 15.8 Å². The fourth-order valence-corrected chi connectivity index (χ4v) is 1.21. The van der Waals surface area contributed by atoms with Gasteiger partial charge in [-0.2, -0.15) is 5.26 Å². The highest BCUT2D eigenvalue weighted by molar-refractivity contribution is 6.32. The van der Waals surface area contributed by atoms with E-state index in [0.29, 0.717) is 16.5 Å². The zero-order valence-electron chi connectivity index (χ0n) is 8.37. The van der Waals surface area contributed by atoms with Gasteiger partial charge in [0.05, 0.1) is 11.1 Å². The van der Waals surface area contributed by atoms with Crippen molar-refractivity contribution in [2.24, 2.45) is 0 Å². The molecule has 0 fully saturated rings. The summed E-state index contributed by atoms with van der Waals surface area (Å²) in [5.74, 6) is -0.00239. The second-order valence-corrected chi connectivity index (χ2v) is 3.32. The molecule has 0 spiro atoms. The molecule has 16 heavy (non-hydrogen) atoms. The Hall–Kier alpha value is -1.93. The number of rotatable bonds is 4. The number of nitrogen functional groups attached to an aromatic ring is 1. The zero-order chi connectivity index (χ0) is 12.0. The van der Waals surface area contributed by atoms with Crippen LogP contribution in [0.2, 0.25) is 5.02 Å². The lowest BCUT2D eigenvalue weighted by atomic mass is 10.3. The number of carbonyl (C=O) groups excluding carboxylic acids is 1. The van der Waals surface area contributed by atoms with E-state index in [2.05, 4.69) is 5.32 Å². The molecule has 0 aromatic heterocycles. The lowest BCUT2D eigenvalue weighted by molar-refractivity contribution is -0.122. The second kappa shape index (κ2) is 5.83. The summed E-state index contributed by atoms with van der Waals surface area (Å²) in [5, 5.41) is 10.9. The van der Waals surface area contributed by atoms with E-state index in [1.165, 1.54) is 6.07 Å². The Morgan fingerprint density at radius 3 is 3.00 bits per heavy atom. The highest BCUT2D eigenvalue weighted by Crippen LogP contribution is 2.26. The summed E-state index contributed by atoms with van der Waals surface area (Å²) in [5.41, 5.74) is 6.01. The normalized spacial score (nSPS) is 9.25. The molecule has 0 radical (unpaired) electrons. The van der Waals surface area contributed by atoms with Gasteiger partial charge in [-0.05, 0) is 18.2 Å². The quantitative estimate of drug-likeness (QED) is 0.605. The number of hydrogen-bond acceptors (Lipinski definition) is 4. The van der Waals surface area contributed by atoms with Crippen LogP contribution in [0.3, 0.4) is 0 Å². The SMILES string of the molecule is N#CCNC(=O)COc1ccc(N)cc1Cl. The first-order valence-electron chi connectivity index (χ1n) is 4.45. The van der Waals surface area contributed by atoms with E-state index >= 15 is 0 Å². The van der Waals surface area contributed by atoms with Gasteiger partial charge in [0.25, 0.3) is 5.91 Å². The van der Waals surface area contributed by atoms with Crippen molar-refractivity contribution < 1.29 is 9.53 Å². The summed E-state index contributed by atoms with van der Waals surface area (Å²) in [4.78, 5) is 11.1. The van der Waals surface area contributed by atoms with Crippen LogP contribution in [-0.2, 0) is 4.79 Å². The van der Waals surface area contributed by atoms with Crippen LogP contribution in [0, 0.1) is 11.3 Å². The van der Waals surface area contributed by atoms with Crippen molar-refractivity contribution in [2.45, 2.75) is 0 Å². The van der Waals surface area contributed by atoms with E-state index in [1.807, 2.05) is 0 Å². The van der Waals surface area contributed by atoms with E-state index < -0.39 is 0 Å². The minimum absolute atomic E-state index is 0.0440. The number of carbonyl (C=O) groups is 1. The number of nitrogens with two attached hydrogens (primary N) is 1. The lowest BCUT2D eigenvalue weighted by Crippen LogP contribution is -2.29. The Labute approximate surface area is 97.8 Å². The molecule has 1 rings (SSSR count). The van der Waals surface area contributed by atoms with Crippen LogP contribution in [0.1, 0.15) is 0 Å². The highest BCUT2D eigenvalue weighted by Gasteiger charge is 2.05. The van der Waals surface area contributed by atoms with Crippen molar-refractivity contribution in [3.63, 3.8) is 0 Å². The molecule has 5 nitrogen and oxygen atoms in total. The van der Waals surface area contributed by atoms with Gasteiger partial charge in [0.2, 0.25) is 0 Å². The number of amides is 1. The molecule has 0 atom stereocenters. The van der Waals surface area contributed by atoms with E-state index in [1.54, 1.807) is 18.2 Å². The van der Waals surface area contributed by atoms with Crippen molar-refractivity contribution in [1.29, 1.82) is 5.26 Å². The monoisotopic (exact) mass is 239 g/mol. The molecule has 0 saturated carbocycles. The molecule has 0 unspecified atom stereocenters. The van der Waals surface area contributed by atoms with Gasteiger partial charge in [0.1, 0.15) is 12.3 Å². The minimum Gasteiger partial charge on any atom is -0.482 e. The number of ether oxygens (including phenoxy) is 1. The first-order chi connectivity index (χ1) is 7.63. The Bertz CT molecular complexity index is 429. The number of nitrogens with one attached hydrogen (secondary N) is 1. The van der Waals surface area contributed by atoms with Gasteiger partial charge in [-0.3, -0.25) is 4.79 Å². The van der Waals surface area contributed by atoms with Crippen molar-refractivity contribution in [3.05, 3.63) is 23.2 Å². The van der Waals surface area contributed by atoms with Gasteiger partial charge >= 0.3 is 0 Å². The Kier molecular flexibility index (Phi) is 4.42. The number of benzene rings is 1. The number of halogens is 1. The molecule has 3 N–H and O–H groups in total. The summed E-state index contributed by atoms with van der Waals surface area (Å²) in [6.07, 6.45) is 0. The van der Waals surface area contributed by atoms with E-state index in [0.717, 1.165) is 0 Å². The maximum atomic E-state index is 11.1. The predicted molar refractivity (Wildman–Crippen MR) is 60.0 cm³/mol. The summed E-state index contributed by atoms with van der Waals surface area (Å²) >= 11 is 5.83. The number of anilines is 1. The minimum atomic E-state index is -0.380. The van der Waals surface area contributed by atoms with Gasteiger partial charge < -0.3 is 15.8 Å². The second-order valence-electron chi connectivity index (χ2n) is 2.91. The largest absolute Gasteiger partial charge is 0.482 e. The average molecular weight is 240 g/mol. The zero-order valence-corrected chi connectivity index (χ0v) is 9.12. The Morgan fingerprint density at radius 1 is 1.62 bits per heavy atom.